The third kappa shape index (κ3) is 4.46. The average molecular weight is 289 g/mol. The summed E-state index contributed by atoms with van der Waals surface area (Å²) in [6, 6.07) is 6.25. The van der Waals surface area contributed by atoms with E-state index in [-0.39, 0.29) is 5.56 Å². The second kappa shape index (κ2) is 8.02. The Balaban J connectivity index is 1.74. The fourth-order valence-corrected chi connectivity index (χ4v) is 3.41. The van der Waals surface area contributed by atoms with Crippen molar-refractivity contribution in [2.75, 3.05) is 6.61 Å². The van der Waals surface area contributed by atoms with Gasteiger partial charge in [-0.05, 0) is 36.8 Å². The molecule has 1 aromatic carbocycles. The Bertz CT molecular complexity index is 494. The molecular formula is C18H24FNO. The number of hydrogen-bond acceptors (Lipinski definition) is 2. The monoisotopic (exact) mass is 289 g/mol. The summed E-state index contributed by atoms with van der Waals surface area (Å²) in [7, 11) is 0. The van der Waals surface area contributed by atoms with Crippen LogP contribution in [0.25, 0.3) is 0 Å². The maximum absolute atomic E-state index is 13.4. The second-order valence-electron chi connectivity index (χ2n) is 5.96. The second-order valence-corrected chi connectivity index (χ2v) is 5.96. The van der Waals surface area contributed by atoms with Gasteiger partial charge in [0.15, 0.2) is 0 Å². The summed E-state index contributed by atoms with van der Waals surface area (Å²) in [5.41, 5.74) is 0.0651. The molecular weight excluding hydrogens is 265 g/mol. The van der Waals surface area contributed by atoms with Gasteiger partial charge in [-0.2, -0.15) is 5.26 Å². The Labute approximate surface area is 126 Å². The van der Waals surface area contributed by atoms with Crippen molar-refractivity contribution in [3.63, 3.8) is 0 Å². The molecule has 2 rings (SSSR count). The van der Waals surface area contributed by atoms with Crippen LogP contribution in [0.15, 0.2) is 18.2 Å². The van der Waals surface area contributed by atoms with Crippen LogP contribution in [0.4, 0.5) is 4.39 Å². The van der Waals surface area contributed by atoms with E-state index in [1.165, 1.54) is 50.7 Å². The summed E-state index contributed by atoms with van der Waals surface area (Å²) < 4.78 is 19.0. The first-order valence-corrected chi connectivity index (χ1v) is 8.07. The van der Waals surface area contributed by atoms with E-state index in [0.717, 1.165) is 18.3 Å². The molecule has 0 aliphatic heterocycles. The van der Waals surface area contributed by atoms with Crippen LogP contribution in [0.5, 0.6) is 5.75 Å². The van der Waals surface area contributed by atoms with Crippen LogP contribution in [-0.4, -0.2) is 6.61 Å². The quantitative estimate of drug-likeness (QED) is 0.685. The van der Waals surface area contributed by atoms with E-state index < -0.39 is 5.82 Å². The molecule has 0 heterocycles. The van der Waals surface area contributed by atoms with Crippen molar-refractivity contribution in [2.24, 2.45) is 11.8 Å². The first-order chi connectivity index (χ1) is 10.2. The summed E-state index contributed by atoms with van der Waals surface area (Å²) in [6.07, 6.45) is 8.98. The third-order valence-corrected chi connectivity index (χ3v) is 4.64. The SMILES string of the molecule is CCC1CCCCC1CCCOc1ccc(C#N)c(F)c1. The molecule has 3 heteroatoms. The Morgan fingerprint density at radius 1 is 1.29 bits per heavy atom. The number of rotatable bonds is 6. The van der Waals surface area contributed by atoms with Crippen LogP contribution in [0.3, 0.4) is 0 Å². The smallest absolute Gasteiger partial charge is 0.144 e. The Hall–Kier alpha value is -1.56. The van der Waals surface area contributed by atoms with Gasteiger partial charge in [-0.3, -0.25) is 0 Å². The highest BCUT2D eigenvalue weighted by Crippen LogP contribution is 2.35. The molecule has 21 heavy (non-hydrogen) atoms. The average Bonchev–Trinajstić information content (AvgIpc) is 2.52. The van der Waals surface area contributed by atoms with E-state index in [1.807, 2.05) is 6.07 Å². The Kier molecular flexibility index (Phi) is 6.04. The number of hydrogen-bond donors (Lipinski definition) is 0. The minimum atomic E-state index is -0.506. The van der Waals surface area contributed by atoms with Crippen LogP contribution in [-0.2, 0) is 0 Å². The molecule has 1 saturated carbocycles. The van der Waals surface area contributed by atoms with Crippen molar-refractivity contribution in [2.45, 2.75) is 51.9 Å². The molecule has 0 saturated heterocycles. The number of halogens is 1. The fourth-order valence-electron chi connectivity index (χ4n) is 3.41. The molecule has 0 aromatic heterocycles. The third-order valence-electron chi connectivity index (χ3n) is 4.64. The summed E-state index contributed by atoms with van der Waals surface area (Å²) in [5, 5.41) is 8.69. The molecule has 0 amide bonds. The van der Waals surface area contributed by atoms with Crippen LogP contribution in [0.1, 0.15) is 57.4 Å². The van der Waals surface area contributed by atoms with Crippen molar-refractivity contribution in [1.82, 2.24) is 0 Å². The predicted molar refractivity (Wildman–Crippen MR) is 81.6 cm³/mol. The van der Waals surface area contributed by atoms with Crippen molar-refractivity contribution in [3.8, 4) is 11.8 Å². The van der Waals surface area contributed by atoms with Crippen LogP contribution in [0, 0.1) is 29.0 Å². The van der Waals surface area contributed by atoms with E-state index in [1.54, 1.807) is 6.07 Å². The molecule has 0 N–H and O–H groups in total. The Morgan fingerprint density at radius 3 is 2.71 bits per heavy atom. The van der Waals surface area contributed by atoms with Gasteiger partial charge >= 0.3 is 0 Å². The molecule has 0 spiro atoms. The van der Waals surface area contributed by atoms with E-state index in [4.69, 9.17) is 10.00 Å². The molecule has 2 nitrogen and oxygen atoms in total. The van der Waals surface area contributed by atoms with Crippen LogP contribution < -0.4 is 4.74 Å². The zero-order valence-corrected chi connectivity index (χ0v) is 12.8. The summed E-state index contributed by atoms with van der Waals surface area (Å²) >= 11 is 0. The predicted octanol–water partition coefficient (Wildman–Crippen LogP) is 5.07. The highest BCUT2D eigenvalue weighted by Gasteiger charge is 2.22. The number of benzene rings is 1. The Morgan fingerprint density at radius 2 is 2.05 bits per heavy atom. The number of nitriles is 1. The fraction of sp³-hybridized carbons (Fsp3) is 0.611. The highest BCUT2D eigenvalue weighted by molar-refractivity contribution is 5.36. The van der Waals surface area contributed by atoms with Crippen LogP contribution in [0.2, 0.25) is 0 Å². The van der Waals surface area contributed by atoms with Gasteiger partial charge in [-0.25, -0.2) is 4.39 Å². The van der Waals surface area contributed by atoms with Gasteiger partial charge in [-0.15, -0.1) is 0 Å². The first-order valence-electron chi connectivity index (χ1n) is 8.07. The minimum absolute atomic E-state index is 0.0651. The summed E-state index contributed by atoms with van der Waals surface area (Å²) in [5.74, 6) is 1.73. The first kappa shape index (κ1) is 15.8. The maximum atomic E-state index is 13.4. The molecule has 0 radical (unpaired) electrons. The lowest BCUT2D eigenvalue weighted by Gasteiger charge is -2.30. The van der Waals surface area contributed by atoms with E-state index >= 15 is 0 Å². The van der Waals surface area contributed by atoms with Gasteiger partial charge in [0.05, 0.1) is 12.2 Å². The van der Waals surface area contributed by atoms with Crippen molar-refractivity contribution in [1.29, 1.82) is 5.26 Å². The topological polar surface area (TPSA) is 33.0 Å². The highest BCUT2D eigenvalue weighted by atomic mass is 19.1. The summed E-state index contributed by atoms with van der Waals surface area (Å²) in [4.78, 5) is 0. The molecule has 0 bridgehead atoms. The van der Waals surface area contributed by atoms with Crippen molar-refractivity contribution in [3.05, 3.63) is 29.6 Å². The lowest BCUT2D eigenvalue weighted by Crippen LogP contribution is -2.19. The molecule has 114 valence electrons. The zero-order chi connectivity index (χ0) is 15.1. The van der Waals surface area contributed by atoms with E-state index in [0.29, 0.717) is 12.4 Å². The largest absolute Gasteiger partial charge is 0.493 e. The molecule has 2 atom stereocenters. The number of ether oxygens (including phenoxy) is 1. The van der Waals surface area contributed by atoms with Crippen molar-refractivity contribution >= 4 is 0 Å². The standard InChI is InChI=1S/C18H24FNO/c1-2-14-6-3-4-7-15(14)8-5-11-21-17-10-9-16(13-20)18(19)12-17/h9-10,12,14-15H,2-8,11H2,1H3. The zero-order valence-electron chi connectivity index (χ0n) is 12.8. The van der Waals surface area contributed by atoms with E-state index in [9.17, 15) is 4.39 Å². The minimum Gasteiger partial charge on any atom is -0.493 e. The maximum Gasteiger partial charge on any atom is 0.144 e. The molecule has 1 aliphatic carbocycles. The van der Waals surface area contributed by atoms with Gasteiger partial charge < -0.3 is 4.74 Å². The molecule has 1 fully saturated rings. The molecule has 1 aliphatic rings. The molecule has 2 unspecified atom stereocenters. The van der Waals surface area contributed by atoms with E-state index in [2.05, 4.69) is 6.92 Å². The lowest BCUT2D eigenvalue weighted by molar-refractivity contribution is 0.199. The normalized spacial score (nSPS) is 21.8. The van der Waals surface area contributed by atoms with Crippen LogP contribution >= 0.6 is 0 Å². The van der Waals surface area contributed by atoms with Gasteiger partial charge in [0.1, 0.15) is 17.6 Å². The van der Waals surface area contributed by atoms with Gasteiger partial charge in [0.2, 0.25) is 0 Å². The molecule has 1 aromatic rings. The van der Waals surface area contributed by atoms with Crippen molar-refractivity contribution < 1.29 is 9.13 Å². The van der Waals surface area contributed by atoms with Gasteiger partial charge in [-0.1, -0.05) is 39.0 Å². The van der Waals surface area contributed by atoms with Gasteiger partial charge in [0, 0.05) is 6.07 Å². The lowest BCUT2D eigenvalue weighted by atomic mass is 9.76. The summed E-state index contributed by atoms with van der Waals surface area (Å²) in [6.45, 7) is 2.91. The van der Waals surface area contributed by atoms with Gasteiger partial charge in [0.25, 0.3) is 0 Å². The number of nitrogens with zero attached hydrogens (tertiary/aromatic N) is 1.